The summed E-state index contributed by atoms with van der Waals surface area (Å²) in [7, 11) is 0. The molecule has 0 atom stereocenters. The number of hydrogen-bond donors (Lipinski definition) is 2. The lowest BCUT2D eigenvalue weighted by Gasteiger charge is -2.22. The Morgan fingerprint density at radius 3 is 2.40 bits per heavy atom. The summed E-state index contributed by atoms with van der Waals surface area (Å²) < 4.78 is 0. The zero-order valence-corrected chi connectivity index (χ0v) is 17.0. The van der Waals surface area contributed by atoms with Gasteiger partial charge in [0.2, 0.25) is 17.6 Å². The second-order valence-corrected chi connectivity index (χ2v) is 7.14. The minimum Gasteiger partial charge on any atom is -0.369 e. The molecule has 0 bridgehead atoms. The van der Waals surface area contributed by atoms with Crippen LogP contribution in [0.3, 0.4) is 0 Å². The molecule has 156 valence electrons. The Morgan fingerprint density at radius 1 is 1.03 bits per heavy atom. The van der Waals surface area contributed by atoms with Crippen molar-refractivity contribution < 1.29 is 9.59 Å². The first-order valence-electron chi connectivity index (χ1n) is 10.1. The quantitative estimate of drug-likeness (QED) is 0.396. The Labute approximate surface area is 175 Å². The van der Waals surface area contributed by atoms with E-state index in [0.717, 1.165) is 41.5 Å². The molecule has 0 radical (unpaired) electrons. The summed E-state index contributed by atoms with van der Waals surface area (Å²) in [5.41, 5.74) is 9.10. The molecule has 1 aromatic heterocycles. The number of aromatic amines is 1. The number of aromatic nitrogens is 4. The number of carbonyl (C=O) groups is 2. The van der Waals surface area contributed by atoms with Crippen molar-refractivity contribution in [2.75, 3.05) is 6.54 Å². The van der Waals surface area contributed by atoms with Crippen LogP contribution in [0.1, 0.15) is 38.2 Å². The highest BCUT2D eigenvalue weighted by atomic mass is 16.2. The zero-order valence-electron chi connectivity index (χ0n) is 17.0. The summed E-state index contributed by atoms with van der Waals surface area (Å²) in [5.74, 6) is -0.298. The predicted octanol–water partition coefficient (Wildman–Crippen LogP) is 2.93. The first-order valence-corrected chi connectivity index (χ1v) is 10.1. The molecule has 8 nitrogen and oxygen atoms in total. The van der Waals surface area contributed by atoms with Gasteiger partial charge < -0.3 is 10.6 Å². The van der Waals surface area contributed by atoms with Crippen molar-refractivity contribution in [1.82, 2.24) is 25.5 Å². The van der Waals surface area contributed by atoms with Gasteiger partial charge in [-0.15, -0.1) is 10.2 Å². The molecule has 3 aromatic rings. The Kier molecular flexibility index (Phi) is 7.26. The highest BCUT2D eigenvalue weighted by Gasteiger charge is 2.16. The Bertz CT molecular complexity index is 970. The van der Waals surface area contributed by atoms with Crippen molar-refractivity contribution >= 4 is 11.8 Å². The van der Waals surface area contributed by atoms with Gasteiger partial charge in [-0.3, -0.25) is 9.59 Å². The van der Waals surface area contributed by atoms with E-state index in [1.165, 1.54) is 0 Å². The second-order valence-electron chi connectivity index (χ2n) is 7.14. The first kappa shape index (κ1) is 21.2. The molecule has 0 aliphatic rings. The van der Waals surface area contributed by atoms with Gasteiger partial charge >= 0.3 is 0 Å². The van der Waals surface area contributed by atoms with Crippen molar-refractivity contribution in [2.24, 2.45) is 5.73 Å². The van der Waals surface area contributed by atoms with Gasteiger partial charge in [0.1, 0.15) is 6.42 Å². The van der Waals surface area contributed by atoms with Crippen LogP contribution in [0.15, 0.2) is 48.5 Å². The summed E-state index contributed by atoms with van der Waals surface area (Å²) >= 11 is 0. The molecule has 0 aliphatic carbocycles. The summed E-state index contributed by atoms with van der Waals surface area (Å²) in [5, 5.41) is 14.3. The number of hydrogen-bond acceptors (Lipinski definition) is 5. The summed E-state index contributed by atoms with van der Waals surface area (Å²) in [6.45, 7) is 3.17. The molecule has 0 aliphatic heterocycles. The van der Waals surface area contributed by atoms with Crippen LogP contribution < -0.4 is 5.73 Å². The molecule has 30 heavy (non-hydrogen) atoms. The number of nitrogens with two attached hydrogens (primary N) is 1. The fourth-order valence-corrected chi connectivity index (χ4v) is 3.32. The van der Waals surface area contributed by atoms with E-state index >= 15 is 0 Å². The number of tetrazole rings is 1. The summed E-state index contributed by atoms with van der Waals surface area (Å²) in [6.07, 6.45) is 2.73. The topological polar surface area (TPSA) is 118 Å². The van der Waals surface area contributed by atoms with Crippen LogP contribution in [0.4, 0.5) is 0 Å². The standard InChI is InChI=1S/C22H26N6O2/c1-2-3-6-13-28(21(30)14-20(23)29)15-16-9-11-17(12-10-16)18-7-4-5-8-19(18)22-24-26-27-25-22/h4-5,7-12H,2-3,6,13-15H2,1H3,(H2,23,29)(H,24,25,26,27). The van der Waals surface area contributed by atoms with Gasteiger partial charge in [-0.1, -0.05) is 68.3 Å². The first-order chi connectivity index (χ1) is 14.6. The van der Waals surface area contributed by atoms with E-state index < -0.39 is 5.91 Å². The predicted molar refractivity (Wildman–Crippen MR) is 114 cm³/mol. The zero-order chi connectivity index (χ0) is 21.3. The minimum absolute atomic E-state index is 0.231. The molecule has 0 saturated carbocycles. The van der Waals surface area contributed by atoms with Crippen LogP contribution in [0.2, 0.25) is 0 Å². The lowest BCUT2D eigenvalue weighted by molar-refractivity contribution is -0.135. The van der Waals surface area contributed by atoms with Crippen LogP contribution in [-0.4, -0.2) is 43.9 Å². The van der Waals surface area contributed by atoms with E-state index in [1.54, 1.807) is 4.90 Å². The Hall–Kier alpha value is -3.55. The molecular formula is C22H26N6O2. The number of benzene rings is 2. The maximum atomic E-state index is 12.4. The summed E-state index contributed by atoms with van der Waals surface area (Å²) in [4.78, 5) is 25.3. The van der Waals surface area contributed by atoms with Crippen molar-refractivity contribution in [3.05, 3.63) is 54.1 Å². The minimum atomic E-state index is -0.603. The van der Waals surface area contributed by atoms with Crippen LogP contribution >= 0.6 is 0 Å². The normalized spacial score (nSPS) is 10.7. The number of nitrogens with one attached hydrogen (secondary N) is 1. The van der Waals surface area contributed by atoms with E-state index in [4.69, 9.17) is 5.73 Å². The van der Waals surface area contributed by atoms with Gasteiger partial charge in [-0.05, 0) is 28.3 Å². The molecule has 1 heterocycles. The molecule has 8 heteroatoms. The monoisotopic (exact) mass is 406 g/mol. The molecule has 0 spiro atoms. The molecule has 0 fully saturated rings. The van der Waals surface area contributed by atoms with Crippen LogP contribution in [0.25, 0.3) is 22.5 Å². The highest BCUT2D eigenvalue weighted by molar-refractivity contribution is 5.96. The highest BCUT2D eigenvalue weighted by Crippen LogP contribution is 2.29. The number of nitrogens with zero attached hydrogens (tertiary/aromatic N) is 4. The molecule has 2 amide bonds. The molecular weight excluding hydrogens is 380 g/mol. The fourth-order valence-electron chi connectivity index (χ4n) is 3.32. The van der Waals surface area contributed by atoms with Crippen molar-refractivity contribution in [3.8, 4) is 22.5 Å². The van der Waals surface area contributed by atoms with Gasteiger partial charge in [0.15, 0.2) is 0 Å². The van der Waals surface area contributed by atoms with Gasteiger partial charge in [-0.2, -0.15) is 5.21 Å². The third kappa shape index (κ3) is 5.50. The van der Waals surface area contributed by atoms with E-state index in [1.807, 2.05) is 48.5 Å². The third-order valence-electron chi connectivity index (χ3n) is 4.86. The second kappa shape index (κ2) is 10.3. The Balaban J connectivity index is 1.77. The lowest BCUT2D eigenvalue weighted by Crippen LogP contribution is -2.34. The molecule has 0 saturated heterocycles. The molecule has 3 rings (SSSR count). The fraction of sp³-hybridized carbons (Fsp3) is 0.318. The smallest absolute Gasteiger partial charge is 0.232 e. The SMILES string of the molecule is CCCCCN(Cc1ccc(-c2ccccc2-c2nn[nH]n2)cc1)C(=O)CC(N)=O. The summed E-state index contributed by atoms with van der Waals surface area (Å²) in [6, 6.07) is 15.9. The average molecular weight is 406 g/mol. The molecule has 0 unspecified atom stereocenters. The van der Waals surface area contributed by atoms with E-state index in [-0.39, 0.29) is 12.3 Å². The van der Waals surface area contributed by atoms with E-state index in [9.17, 15) is 9.59 Å². The van der Waals surface area contributed by atoms with Crippen LogP contribution in [0.5, 0.6) is 0 Å². The van der Waals surface area contributed by atoms with Gasteiger partial charge in [0, 0.05) is 18.7 Å². The number of H-pyrrole nitrogens is 1. The largest absolute Gasteiger partial charge is 0.369 e. The van der Waals surface area contributed by atoms with E-state index in [0.29, 0.717) is 18.9 Å². The number of primary amides is 1. The van der Waals surface area contributed by atoms with Crippen molar-refractivity contribution in [1.29, 1.82) is 0 Å². The van der Waals surface area contributed by atoms with Gasteiger partial charge in [0.25, 0.3) is 0 Å². The van der Waals surface area contributed by atoms with Gasteiger partial charge in [0.05, 0.1) is 0 Å². The Morgan fingerprint density at radius 2 is 1.77 bits per heavy atom. The van der Waals surface area contributed by atoms with Crippen molar-refractivity contribution in [2.45, 2.75) is 39.2 Å². The third-order valence-corrected chi connectivity index (χ3v) is 4.86. The maximum Gasteiger partial charge on any atom is 0.232 e. The number of carbonyl (C=O) groups excluding carboxylic acids is 2. The van der Waals surface area contributed by atoms with Gasteiger partial charge in [-0.25, -0.2) is 0 Å². The van der Waals surface area contributed by atoms with E-state index in [2.05, 4.69) is 27.5 Å². The maximum absolute atomic E-state index is 12.4. The van der Waals surface area contributed by atoms with Crippen molar-refractivity contribution in [3.63, 3.8) is 0 Å². The van der Waals surface area contributed by atoms with Crippen LogP contribution in [-0.2, 0) is 16.1 Å². The lowest BCUT2D eigenvalue weighted by atomic mass is 9.98. The molecule has 2 aromatic carbocycles. The molecule has 3 N–H and O–H groups in total. The number of rotatable bonds is 10. The number of unbranched alkanes of at least 4 members (excludes halogenated alkanes) is 2. The number of amides is 2. The average Bonchev–Trinajstić information content (AvgIpc) is 3.28. The van der Waals surface area contributed by atoms with Crippen LogP contribution in [0, 0.1) is 0 Å².